The van der Waals surface area contributed by atoms with E-state index in [-0.39, 0.29) is 15.7 Å². The molecule has 0 aliphatic rings. The molecule has 0 spiro atoms. The standard InChI is InChI=1S/C22H18Cl2N4O4S/c1-30-12-6-4-11(5-7-12)27-21-20-18(25-10-26-21)13(9-33-20)22(29)28-19-16(23)14(31-2)8-15(32-3)17(19)24/h4-10H,1-3H3,(H,28,29)(H,25,26,27). The Hall–Kier alpha value is -3.27. The number of hydrogen-bond donors (Lipinski definition) is 2. The number of carbonyl (C=O) groups is 1. The monoisotopic (exact) mass is 504 g/mol. The Bertz CT molecular complexity index is 1300. The van der Waals surface area contributed by atoms with E-state index in [4.69, 9.17) is 37.4 Å². The summed E-state index contributed by atoms with van der Waals surface area (Å²) in [5.41, 5.74) is 1.84. The molecule has 1 amide bonds. The van der Waals surface area contributed by atoms with Gasteiger partial charge in [-0.1, -0.05) is 23.2 Å². The van der Waals surface area contributed by atoms with Crippen LogP contribution in [0.3, 0.4) is 0 Å². The highest BCUT2D eigenvalue weighted by molar-refractivity contribution is 7.18. The lowest BCUT2D eigenvalue weighted by Crippen LogP contribution is -2.13. The quantitative estimate of drug-likeness (QED) is 0.317. The van der Waals surface area contributed by atoms with Crippen LogP contribution in [0.5, 0.6) is 17.2 Å². The van der Waals surface area contributed by atoms with Gasteiger partial charge in [0.25, 0.3) is 5.91 Å². The predicted molar refractivity (Wildman–Crippen MR) is 131 cm³/mol. The van der Waals surface area contributed by atoms with Crippen LogP contribution in [-0.4, -0.2) is 37.2 Å². The van der Waals surface area contributed by atoms with Crippen molar-refractivity contribution in [2.45, 2.75) is 0 Å². The minimum absolute atomic E-state index is 0.160. The topological polar surface area (TPSA) is 94.6 Å². The highest BCUT2D eigenvalue weighted by Gasteiger charge is 2.22. The van der Waals surface area contributed by atoms with Crippen LogP contribution in [0.1, 0.15) is 10.4 Å². The van der Waals surface area contributed by atoms with Crippen LogP contribution < -0.4 is 24.8 Å². The van der Waals surface area contributed by atoms with Gasteiger partial charge in [-0.2, -0.15) is 0 Å². The van der Waals surface area contributed by atoms with Crippen molar-refractivity contribution in [1.82, 2.24) is 9.97 Å². The van der Waals surface area contributed by atoms with Gasteiger partial charge in [0.15, 0.2) is 5.82 Å². The molecule has 0 saturated heterocycles. The van der Waals surface area contributed by atoms with E-state index in [1.807, 2.05) is 24.3 Å². The van der Waals surface area contributed by atoms with E-state index in [2.05, 4.69) is 20.6 Å². The first-order valence-electron chi connectivity index (χ1n) is 9.51. The summed E-state index contributed by atoms with van der Waals surface area (Å²) in [6, 6.07) is 8.96. The second kappa shape index (κ2) is 9.70. The highest BCUT2D eigenvalue weighted by Crippen LogP contribution is 2.44. The van der Waals surface area contributed by atoms with Crippen LogP contribution in [0.4, 0.5) is 17.2 Å². The average Bonchev–Trinajstić information content (AvgIpc) is 3.28. The number of thiophene rings is 1. The molecular weight excluding hydrogens is 487 g/mol. The lowest BCUT2D eigenvalue weighted by Gasteiger charge is -2.15. The van der Waals surface area contributed by atoms with Gasteiger partial charge >= 0.3 is 0 Å². The third-order valence-corrected chi connectivity index (χ3v) is 6.49. The van der Waals surface area contributed by atoms with Crippen LogP contribution in [-0.2, 0) is 0 Å². The van der Waals surface area contributed by atoms with Gasteiger partial charge in [0.05, 0.1) is 42.8 Å². The zero-order valence-corrected chi connectivity index (χ0v) is 20.1. The number of ether oxygens (including phenoxy) is 3. The van der Waals surface area contributed by atoms with Crippen molar-refractivity contribution in [3.63, 3.8) is 0 Å². The smallest absolute Gasteiger partial charge is 0.258 e. The zero-order valence-electron chi connectivity index (χ0n) is 17.7. The Kier molecular flexibility index (Phi) is 6.73. The number of aromatic nitrogens is 2. The van der Waals surface area contributed by atoms with Crippen molar-refractivity contribution in [3.8, 4) is 17.2 Å². The fourth-order valence-corrected chi connectivity index (χ4v) is 4.63. The second-order valence-electron chi connectivity index (χ2n) is 6.64. The summed E-state index contributed by atoms with van der Waals surface area (Å²) in [6.07, 6.45) is 1.40. The van der Waals surface area contributed by atoms with Crippen molar-refractivity contribution in [2.24, 2.45) is 0 Å². The molecule has 2 aromatic carbocycles. The van der Waals surface area contributed by atoms with Crippen LogP contribution in [0, 0.1) is 0 Å². The minimum Gasteiger partial charge on any atom is -0.497 e. The number of amides is 1. The summed E-state index contributed by atoms with van der Waals surface area (Å²) in [4.78, 5) is 21.8. The van der Waals surface area contributed by atoms with Crippen molar-refractivity contribution in [1.29, 1.82) is 0 Å². The zero-order chi connectivity index (χ0) is 23.5. The van der Waals surface area contributed by atoms with Crippen molar-refractivity contribution < 1.29 is 19.0 Å². The maximum absolute atomic E-state index is 13.1. The molecule has 0 saturated carbocycles. The molecule has 2 aromatic heterocycles. The number of methoxy groups -OCH3 is 3. The average molecular weight is 505 g/mol. The Balaban J connectivity index is 1.66. The van der Waals surface area contributed by atoms with E-state index in [1.54, 1.807) is 18.6 Å². The molecule has 0 aliphatic heterocycles. The number of nitrogens with one attached hydrogen (secondary N) is 2. The molecule has 0 radical (unpaired) electrons. The molecule has 11 heteroatoms. The van der Waals surface area contributed by atoms with Gasteiger partial charge in [-0.3, -0.25) is 4.79 Å². The second-order valence-corrected chi connectivity index (χ2v) is 8.28. The van der Waals surface area contributed by atoms with Gasteiger partial charge in [0.1, 0.15) is 33.6 Å². The highest BCUT2D eigenvalue weighted by atomic mass is 35.5. The molecule has 4 rings (SSSR count). The Morgan fingerprint density at radius 2 is 1.64 bits per heavy atom. The third kappa shape index (κ3) is 4.47. The third-order valence-electron chi connectivity index (χ3n) is 4.76. The Labute approximate surface area is 203 Å². The number of rotatable bonds is 7. The molecule has 2 N–H and O–H groups in total. The normalized spacial score (nSPS) is 10.7. The fraction of sp³-hybridized carbons (Fsp3) is 0.136. The number of anilines is 3. The SMILES string of the molecule is COc1ccc(Nc2ncnc3c(C(=O)Nc4c(Cl)c(OC)cc(OC)c4Cl)csc23)cc1. The van der Waals surface area contributed by atoms with Crippen LogP contribution in [0.15, 0.2) is 42.0 Å². The van der Waals surface area contributed by atoms with E-state index >= 15 is 0 Å². The van der Waals surface area contributed by atoms with Gasteiger partial charge in [-0.15, -0.1) is 11.3 Å². The number of benzene rings is 2. The Morgan fingerprint density at radius 1 is 0.970 bits per heavy atom. The molecule has 33 heavy (non-hydrogen) atoms. The summed E-state index contributed by atoms with van der Waals surface area (Å²) in [6.45, 7) is 0. The van der Waals surface area contributed by atoms with E-state index in [0.717, 1.165) is 16.1 Å². The fourth-order valence-electron chi connectivity index (χ4n) is 3.09. The molecule has 0 bridgehead atoms. The molecule has 4 aromatic rings. The van der Waals surface area contributed by atoms with Crippen molar-refractivity contribution in [2.75, 3.05) is 32.0 Å². The molecule has 0 atom stereocenters. The van der Waals surface area contributed by atoms with Crippen LogP contribution in [0.25, 0.3) is 10.2 Å². The van der Waals surface area contributed by atoms with E-state index < -0.39 is 5.91 Å². The number of nitrogens with zero attached hydrogens (tertiary/aromatic N) is 2. The predicted octanol–water partition coefficient (Wildman–Crippen LogP) is 6.02. The van der Waals surface area contributed by atoms with Gasteiger partial charge in [0, 0.05) is 17.1 Å². The van der Waals surface area contributed by atoms with Gasteiger partial charge in [-0.25, -0.2) is 9.97 Å². The lowest BCUT2D eigenvalue weighted by molar-refractivity contribution is 0.102. The summed E-state index contributed by atoms with van der Waals surface area (Å²) < 4.78 is 16.4. The van der Waals surface area contributed by atoms with Gasteiger partial charge in [0.2, 0.25) is 0 Å². The largest absolute Gasteiger partial charge is 0.497 e. The first-order valence-corrected chi connectivity index (χ1v) is 11.1. The maximum atomic E-state index is 13.1. The number of halogens is 2. The lowest BCUT2D eigenvalue weighted by atomic mass is 10.2. The number of carbonyl (C=O) groups excluding carboxylic acids is 1. The molecular formula is C22H18Cl2N4O4S. The van der Waals surface area contributed by atoms with Crippen LogP contribution >= 0.6 is 34.5 Å². The maximum Gasteiger partial charge on any atom is 0.258 e. The minimum atomic E-state index is -0.436. The summed E-state index contributed by atoms with van der Waals surface area (Å²) in [5.74, 6) is 1.52. The van der Waals surface area contributed by atoms with Crippen LogP contribution in [0.2, 0.25) is 10.0 Å². The molecule has 0 unspecified atom stereocenters. The van der Waals surface area contributed by atoms with E-state index in [9.17, 15) is 4.79 Å². The van der Waals surface area contributed by atoms with Crippen molar-refractivity contribution in [3.05, 3.63) is 57.6 Å². The van der Waals surface area contributed by atoms with Gasteiger partial charge < -0.3 is 24.8 Å². The first kappa shape index (κ1) is 22.9. The number of hydrogen-bond acceptors (Lipinski definition) is 8. The number of fused-ring (bicyclic) bond motifs is 1. The van der Waals surface area contributed by atoms with E-state index in [0.29, 0.717) is 28.4 Å². The molecule has 2 heterocycles. The summed E-state index contributed by atoms with van der Waals surface area (Å²) in [7, 11) is 4.53. The molecule has 8 nitrogen and oxygen atoms in total. The van der Waals surface area contributed by atoms with Crippen molar-refractivity contribution >= 4 is 67.9 Å². The molecule has 0 aliphatic carbocycles. The van der Waals surface area contributed by atoms with E-state index in [1.165, 1.54) is 31.9 Å². The molecule has 0 fully saturated rings. The summed E-state index contributed by atoms with van der Waals surface area (Å²) in [5, 5.41) is 8.02. The first-order chi connectivity index (χ1) is 16.0. The molecule has 170 valence electrons. The van der Waals surface area contributed by atoms with Gasteiger partial charge in [-0.05, 0) is 24.3 Å². The Morgan fingerprint density at radius 3 is 2.24 bits per heavy atom. The summed E-state index contributed by atoms with van der Waals surface area (Å²) >= 11 is 14.1.